The molecule has 136 valence electrons. The van der Waals surface area contributed by atoms with Crippen LogP contribution < -0.4 is 10.2 Å². The topological polar surface area (TPSA) is 71.0 Å². The number of pyridine rings is 1. The molecule has 1 fully saturated rings. The van der Waals surface area contributed by atoms with Crippen LogP contribution in [0.2, 0.25) is 0 Å². The molecule has 0 bridgehead atoms. The van der Waals surface area contributed by atoms with Crippen molar-refractivity contribution in [2.45, 2.75) is 45.6 Å². The number of anilines is 1. The Balaban J connectivity index is 1.61. The molecule has 3 heterocycles. The predicted molar refractivity (Wildman–Crippen MR) is 100 cm³/mol. The first kappa shape index (κ1) is 16.9. The molecule has 2 aliphatic rings. The lowest BCUT2D eigenvalue weighted by atomic mass is 9.74. The lowest BCUT2D eigenvalue weighted by Gasteiger charge is -2.36. The van der Waals surface area contributed by atoms with E-state index in [1.807, 2.05) is 18.3 Å². The molecule has 1 aliphatic carbocycles. The molecule has 0 spiro atoms. The van der Waals surface area contributed by atoms with Gasteiger partial charge in [-0.3, -0.25) is 9.78 Å². The summed E-state index contributed by atoms with van der Waals surface area (Å²) in [5.74, 6) is 0.677. The quantitative estimate of drug-likeness (QED) is 0.921. The van der Waals surface area contributed by atoms with Crippen molar-refractivity contribution < 1.29 is 4.79 Å². The number of amides is 1. The Morgan fingerprint density at radius 3 is 2.77 bits per heavy atom. The molecular formula is C20H25N5O. The Hall–Kier alpha value is -2.50. The monoisotopic (exact) mass is 351 g/mol. The summed E-state index contributed by atoms with van der Waals surface area (Å²) in [7, 11) is 0. The molecule has 1 atom stereocenters. The van der Waals surface area contributed by atoms with E-state index in [1.54, 1.807) is 12.3 Å². The smallest absolute Gasteiger partial charge is 0.270 e. The van der Waals surface area contributed by atoms with Crippen LogP contribution in [0.1, 0.15) is 60.9 Å². The first-order valence-corrected chi connectivity index (χ1v) is 9.34. The van der Waals surface area contributed by atoms with Crippen LogP contribution in [0.5, 0.6) is 0 Å². The number of aromatic nitrogens is 3. The Kier molecular flexibility index (Phi) is 4.34. The number of nitrogens with one attached hydrogen (secondary N) is 1. The zero-order valence-electron chi connectivity index (χ0n) is 15.4. The first-order valence-electron chi connectivity index (χ1n) is 9.34. The second-order valence-corrected chi connectivity index (χ2v) is 8.05. The van der Waals surface area contributed by atoms with Crippen molar-refractivity contribution in [3.8, 4) is 0 Å². The number of hydrogen-bond donors (Lipinski definition) is 1. The standard InChI is InChI=1S/C20H25N5O/c1-20(2)11-16(23-18(26)15-7-3-4-8-21-15)14-13-22-19(24-17(14)12-20)25-9-5-6-10-25/h3-4,7-8,13,16H,5-6,9-12H2,1-2H3,(H,23,26)/t16-/m1/s1. The fourth-order valence-corrected chi connectivity index (χ4v) is 3.96. The van der Waals surface area contributed by atoms with E-state index < -0.39 is 0 Å². The highest BCUT2D eigenvalue weighted by Crippen LogP contribution is 2.40. The average Bonchev–Trinajstić information content (AvgIpc) is 3.15. The van der Waals surface area contributed by atoms with Crippen molar-refractivity contribution in [1.82, 2.24) is 20.3 Å². The van der Waals surface area contributed by atoms with Crippen molar-refractivity contribution in [3.05, 3.63) is 47.5 Å². The Bertz CT molecular complexity index is 799. The van der Waals surface area contributed by atoms with Gasteiger partial charge in [0, 0.05) is 31.0 Å². The maximum absolute atomic E-state index is 12.6. The van der Waals surface area contributed by atoms with Gasteiger partial charge in [0.2, 0.25) is 5.95 Å². The summed E-state index contributed by atoms with van der Waals surface area (Å²) >= 11 is 0. The summed E-state index contributed by atoms with van der Waals surface area (Å²) in [5.41, 5.74) is 2.61. The molecule has 0 radical (unpaired) electrons. The minimum Gasteiger partial charge on any atom is -0.344 e. The van der Waals surface area contributed by atoms with Crippen molar-refractivity contribution in [2.75, 3.05) is 18.0 Å². The molecule has 1 saturated heterocycles. The molecular weight excluding hydrogens is 326 g/mol. The van der Waals surface area contributed by atoms with Gasteiger partial charge in [0.15, 0.2) is 0 Å². The SMILES string of the molecule is CC1(C)Cc2nc(N3CCCC3)ncc2[C@H](NC(=O)c2ccccn2)C1. The molecule has 0 unspecified atom stereocenters. The number of carbonyl (C=O) groups excluding carboxylic acids is 1. The molecule has 1 amide bonds. The summed E-state index contributed by atoms with van der Waals surface area (Å²) in [6.07, 6.45) is 7.73. The summed E-state index contributed by atoms with van der Waals surface area (Å²) in [5, 5.41) is 3.14. The highest BCUT2D eigenvalue weighted by molar-refractivity contribution is 5.92. The van der Waals surface area contributed by atoms with E-state index in [0.29, 0.717) is 5.69 Å². The third-order valence-electron chi connectivity index (χ3n) is 5.26. The second-order valence-electron chi connectivity index (χ2n) is 8.05. The predicted octanol–water partition coefficient (Wildman–Crippen LogP) is 2.92. The third kappa shape index (κ3) is 3.41. The van der Waals surface area contributed by atoms with Gasteiger partial charge >= 0.3 is 0 Å². The zero-order chi connectivity index (χ0) is 18.1. The van der Waals surface area contributed by atoms with Gasteiger partial charge in [0.05, 0.1) is 11.7 Å². The fraction of sp³-hybridized carbons (Fsp3) is 0.500. The Labute approximate surface area is 154 Å². The van der Waals surface area contributed by atoms with Gasteiger partial charge in [0.25, 0.3) is 5.91 Å². The summed E-state index contributed by atoms with van der Waals surface area (Å²) in [6.45, 7) is 6.52. The third-order valence-corrected chi connectivity index (χ3v) is 5.26. The normalized spacial score (nSPS) is 21.3. The van der Waals surface area contributed by atoms with Gasteiger partial charge < -0.3 is 10.2 Å². The molecule has 0 aromatic carbocycles. The van der Waals surface area contributed by atoms with Gasteiger partial charge in [-0.1, -0.05) is 19.9 Å². The van der Waals surface area contributed by atoms with Crippen LogP contribution in [0.3, 0.4) is 0 Å². The highest BCUT2D eigenvalue weighted by Gasteiger charge is 2.35. The highest BCUT2D eigenvalue weighted by atomic mass is 16.1. The van der Waals surface area contributed by atoms with E-state index in [9.17, 15) is 4.79 Å². The van der Waals surface area contributed by atoms with Crippen molar-refractivity contribution in [1.29, 1.82) is 0 Å². The Morgan fingerprint density at radius 2 is 2.04 bits per heavy atom. The Morgan fingerprint density at radius 1 is 1.23 bits per heavy atom. The number of carbonyl (C=O) groups is 1. The molecule has 6 heteroatoms. The van der Waals surface area contributed by atoms with E-state index in [2.05, 4.69) is 34.0 Å². The summed E-state index contributed by atoms with van der Waals surface area (Å²) < 4.78 is 0. The second kappa shape index (κ2) is 6.67. The largest absolute Gasteiger partial charge is 0.344 e. The molecule has 2 aromatic rings. The number of nitrogens with zero attached hydrogens (tertiary/aromatic N) is 4. The molecule has 6 nitrogen and oxygen atoms in total. The van der Waals surface area contributed by atoms with Crippen LogP contribution in [0.4, 0.5) is 5.95 Å². The van der Waals surface area contributed by atoms with Crippen LogP contribution in [0.15, 0.2) is 30.6 Å². The van der Waals surface area contributed by atoms with Crippen LogP contribution in [0, 0.1) is 5.41 Å². The zero-order valence-corrected chi connectivity index (χ0v) is 15.4. The van der Waals surface area contributed by atoms with Crippen molar-refractivity contribution in [3.63, 3.8) is 0 Å². The molecule has 0 saturated carbocycles. The van der Waals surface area contributed by atoms with Crippen molar-refractivity contribution >= 4 is 11.9 Å². The van der Waals surface area contributed by atoms with E-state index in [-0.39, 0.29) is 17.4 Å². The van der Waals surface area contributed by atoms with Gasteiger partial charge in [-0.05, 0) is 43.2 Å². The number of rotatable bonds is 3. The number of fused-ring (bicyclic) bond motifs is 1. The average molecular weight is 351 g/mol. The minimum atomic E-state index is -0.150. The number of hydrogen-bond acceptors (Lipinski definition) is 5. The first-order chi connectivity index (χ1) is 12.5. The molecule has 4 rings (SSSR count). The summed E-state index contributed by atoms with van der Waals surface area (Å²) in [6, 6.07) is 5.28. The lowest BCUT2D eigenvalue weighted by Crippen LogP contribution is -2.37. The molecule has 26 heavy (non-hydrogen) atoms. The lowest BCUT2D eigenvalue weighted by molar-refractivity contribution is 0.0914. The van der Waals surface area contributed by atoms with Crippen LogP contribution in [-0.4, -0.2) is 33.9 Å². The fourth-order valence-electron chi connectivity index (χ4n) is 3.96. The van der Waals surface area contributed by atoms with Crippen LogP contribution >= 0.6 is 0 Å². The maximum atomic E-state index is 12.6. The van der Waals surface area contributed by atoms with Gasteiger partial charge in [-0.15, -0.1) is 0 Å². The van der Waals surface area contributed by atoms with E-state index in [1.165, 1.54) is 12.8 Å². The van der Waals surface area contributed by atoms with E-state index in [4.69, 9.17) is 4.98 Å². The van der Waals surface area contributed by atoms with Crippen LogP contribution in [-0.2, 0) is 6.42 Å². The summed E-state index contributed by atoms with van der Waals surface area (Å²) in [4.78, 5) is 28.5. The minimum absolute atomic E-state index is 0.0751. The molecule has 1 aliphatic heterocycles. The van der Waals surface area contributed by atoms with Crippen molar-refractivity contribution in [2.24, 2.45) is 5.41 Å². The van der Waals surface area contributed by atoms with Crippen LogP contribution in [0.25, 0.3) is 0 Å². The van der Waals surface area contributed by atoms with Gasteiger partial charge in [0.1, 0.15) is 5.69 Å². The van der Waals surface area contributed by atoms with Gasteiger partial charge in [-0.2, -0.15) is 0 Å². The van der Waals surface area contributed by atoms with Gasteiger partial charge in [-0.25, -0.2) is 9.97 Å². The van der Waals surface area contributed by atoms with E-state index >= 15 is 0 Å². The van der Waals surface area contributed by atoms with E-state index in [0.717, 1.165) is 43.1 Å². The molecule has 1 N–H and O–H groups in total. The maximum Gasteiger partial charge on any atom is 0.270 e. The molecule has 2 aromatic heterocycles.